The van der Waals surface area contributed by atoms with Crippen LogP contribution in [0.1, 0.15) is 35.3 Å². The van der Waals surface area contributed by atoms with Crippen LogP contribution in [0, 0.1) is 0 Å². The number of hydrogen-bond acceptors (Lipinski definition) is 6. The Morgan fingerprint density at radius 3 is 3.11 bits per heavy atom. The number of methoxy groups -OCH3 is 1. The number of rotatable bonds is 5. The van der Waals surface area contributed by atoms with Crippen molar-refractivity contribution in [3.05, 3.63) is 29.5 Å². The fourth-order valence-electron chi connectivity index (χ4n) is 1.64. The Morgan fingerprint density at radius 1 is 1.56 bits per heavy atom. The number of carbonyl (C=O) groups is 1. The highest BCUT2D eigenvalue weighted by Crippen LogP contribution is 2.13. The van der Waals surface area contributed by atoms with Crippen molar-refractivity contribution >= 4 is 5.97 Å². The maximum absolute atomic E-state index is 11.5. The van der Waals surface area contributed by atoms with Gasteiger partial charge in [-0.3, -0.25) is 0 Å². The van der Waals surface area contributed by atoms with E-state index in [-0.39, 0.29) is 0 Å². The number of aromatic nitrogens is 4. The molecule has 0 saturated carbocycles. The molecule has 0 bridgehead atoms. The largest absolute Gasteiger partial charge is 0.466 e. The molecule has 0 atom stereocenters. The van der Waals surface area contributed by atoms with E-state index in [2.05, 4.69) is 20.3 Å². The molecule has 0 amide bonds. The van der Waals surface area contributed by atoms with Crippen molar-refractivity contribution in [2.75, 3.05) is 7.11 Å². The van der Waals surface area contributed by atoms with Gasteiger partial charge >= 0.3 is 5.97 Å². The first kappa shape index (κ1) is 12.3. The Bertz CT molecular complexity index is 532. The normalized spacial score (nSPS) is 10.6. The molecule has 0 aliphatic heterocycles. The molecule has 0 saturated heterocycles. The number of ether oxygens (including phenoxy) is 1. The number of hydrogen-bond donors (Lipinski definition) is 0. The summed E-state index contributed by atoms with van der Waals surface area (Å²) in [5.74, 6) is 0.833. The molecule has 7 nitrogen and oxygen atoms in total. The smallest absolute Gasteiger partial charge is 0.341 e. The molecule has 0 N–H and O–H groups in total. The minimum atomic E-state index is -0.427. The van der Waals surface area contributed by atoms with Crippen LogP contribution in [0.2, 0.25) is 0 Å². The quantitative estimate of drug-likeness (QED) is 0.738. The molecular formula is C11H14N4O3. The van der Waals surface area contributed by atoms with Crippen LogP contribution in [0.3, 0.4) is 0 Å². The molecule has 0 radical (unpaired) electrons. The Hall–Kier alpha value is -2.18. The van der Waals surface area contributed by atoms with Gasteiger partial charge in [-0.05, 0) is 22.9 Å². The third-order valence-corrected chi connectivity index (χ3v) is 2.52. The van der Waals surface area contributed by atoms with E-state index in [1.165, 1.54) is 13.4 Å². The number of esters is 1. The van der Waals surface area contributed by atoms with Crippen LogP contribution < -0.4 is 0 Å². The van der Waals surface area contributed by atoms with Crippen molar-refractivity contribution in [1.29, 1.82) is 0 Å². The lowest BCUT2D eigenvalue weighted by Crippen LogP contribution is -2.10. The molecule has 2 aromatic heterocycles. The predicted molar refractivity (Wildman–Crippen MR) is 61.0 cm³/mol. The molecule has 2 aromatic rings. The van der Waals surface area contributed by atoms with Crippen LogP contribution in [-0.4, -0.2) is 33.3 Å². The molecule has 0 unspecified atom stereocenters. The second-order valence-corrected chi connectivity index (χ2v) is 3.75. The number of carbonyl (C=O) groups excluding carboxylic acids is 1. The molecule has 18 heavy (non-hydrogen) atoms. The lowest BCUT2D eigenvalue weighted by Gasteiger charge is -2.03. The number of furan rings is 1. The van der Waals surface area contributed by atoms with Crippen LogP contribution >= 0.6 is 0 Å². The van der Waals surface area contributed by atoms with Crippen molar-refractivity contribution in [2.45, 2.75) is 26.3 Å². The fourth-order valence-corrected chi connectivity index (χ4v) is 1.64. The highest BCUT2D eigenvalue weighted by Gasteiger charge is 2.17. The van der Waals surface area contributed by atoms with Gasteiger partial charge in [0.15, 0.2) is 5.82 Å². The molecule has 0 spiro atoms. The van der Waals surface area contributed by atoms with Crippen LogP contribution in [0.5, 0.6) is 0 Å². The van der Waals surface area contributed by atoms with Gasteiger partial charge in [-0.1, -0.05) is 6.92 Å². The highest BCUT2D eigenvalue weighted by molar-refractivity contribution is 5.90. The van der Waals surface area contributed by atoms with E-state index in [1.807, 2.05) is 6.92 Å². The number of tetrazole rings is 1. The van der Waals surface area contributed by atoms with Gasteiger partial charge in [-0.15, -0.1) is 5.10 Å². The second kappa shape index (κ2) is 5.44. The summed E-state index contributed by atoms with van der Waals surface area (Å²) in [6.45, 7) is 2.37. The van der Waals surface area contributed by atoms with E-state index >= 15 is 0 Å². The van der Waals surface area contributed by atoms with Crippen LogP contribution in [-0.2, 0) is 17.7 Å². The molecule has 2 rings (SSSR count). The fraction of sp³-hybridized carbons (Fsp3) is 0.455. The first-order chi connectivity index (χ1) is 8.76. The molecular weight excluding hydrogens is 236 g/mol. The van der Waals surface area contributed by atoms with Gasteiger partial charge in [0.25, 0.3) is 0 Å². The van der Waals surface area contributed by atoms with E-state index in [0.29, 0.717) is 17.9 Å². The Balaban J connectivity index is 2.21. The van der Waals surface area contributed by atoms with Crippen molar-refractivity contribution < 1.29 is 13.9 Å². The zero-order chi connectivity index (χ0) is 13.0. The van der Waals surface area contributed by atoms with Crippen molar-refractivity contribution in [3.63, 3.8) is 0 Å². The minimum Gasteiger partial charge on any atom is -0.466 e. The summed E-state index contributed by atoms with van der Waals surface area (Å²) in [7, 11) is 1.33. The van der Waals surface area contributed by atoms with Crippen molar-refractivity contribution in [3.8, 4) is 0 Å². The van der Waals surface area contributed by atoms with Gasteiger partial charge < -0.3 is 9.15 Å². The predicted octanol–water partition coefficient (Wildman–Crippen LogP) is 1.05. The third-order valence-electron chi connectivity index (χ3n) is 2.52. The monoisotopic (exact) mass is 250 g/mol. The SMILES string of the molecule is CCCc1nnnn1Cc1occc1C(=O)OC. The second-order valence-electron chi connectivity index (χ2n) is 3.75. The summed E-state index contributed by atoms with van der Waals surface area (Å²) in [6.07, 6.45) is 3.18. The first-order valence-electron chi connectivity index (χ1n) is 5.66. The van der Waals surface area contributed by atoms with Gasteiger partial charge in [-0.25, -0.2) is 9.48 Å². The van der Waals surface area contributed by atoms with Crippen molar-refractivity contribution in [1.82, 2.24) is 20.2 Å². The molecule has 0 fully saturated rings. The summed E-state index contributed by atoms with van der Waals surface area (Å²) in [6, 6.07) is 1.57. The standard InChI is InChI=1S/C11H14N4O3/c1-3-4-10-12-13-14-15(10)7-9-8(5-6-18-9)11(16)17-2/h5-6H,3-4,7H2,1-2H3. The summed E-state index contributed by atoms with van der Waals surface area (Å²) in [4.78, 5) is 11.5. The van der Waals surface area contributed by atoms with Gasteiger partial charge in [0, 0.05) is 6.42 Å². The summed E-state index contributed by atoms with van der Waals surface area (Å²) in [5, 5.41) is 11.4. The zero-order valence-electron chi connectivity index (χ0n) is 10.3. The van der Waals surface area contributed by atoms with E-state index < -0.39 is 5.97 Å². The Morgan fingerprint density at radius 2 is 2.39 bits per heavy atom. The molecule has 0 aliphatic carbocycles. The third kappa shape index (κ3) is 2.39. The summed E-state index contributed by atoms with van der Waals surface area (Å²) < 4.78 is 11.6. The molecule has 0 aliphatic rings. The van der Waals surface area contributed by atoms with E-state index in [0.717, 1.165) is 18.7 Å². The number of nitrogens with zero attached hydrogens (tertiary/aromatic N) is 4. The minimum absolute atomic E-state index is 0.319. The molecule has 2 heterocycles. The topological polar surface area (TPSA) is 83.0 Å². The van der Waals surface area contributed by atoms with E-state index in [9.17, 15) is 4.79 Å². The van der Waals surface area contributed by atoms with Crippen LogP contribution in [0.15, 0.2) is 16.7 Å². The first-order valence-corrected chi connectivity index (χ1v) is 5.66. The average molecular weight is 250 g/mol. The molecule has 96 valence electrons. The number of aryl methyl sites for hydroxylation is 1. The van der Waals surface area contributed by atoms with Gasteiger partial charge in [0.1, 0.15) is 17.9 Å². The highest BCUT2D eigenvalue weighted by atomic mass is 16.5. The summed E-state index contributed by atoms with van der Waals surface area (Å²) in [5.41, 5.74) is 0.399. The lowest BCUT2D eigenvalue weighted by molar-refractivity contribution is 0.0598. The maximum atomic E-state index is 11.5. The maximum Gasteiger partial charge on any atom is 0.341 e. The van der Waals surface area contributed by atoms with E-state index in [4.69, 9.17) is 4.42 Å². The Kier molecular flexibility index (Phi) is 3.71. The Labute approximate surface area is 104 Å². The summed E-state index contributed by atoms with van der Waals surface area (Å²) >= 11 is 0. The van der Waals surface area contributed by atoms with Crippen LogP contribution in [0.25, 0.3) is 0 Å². The van der Waals surface area contributed by atoms with Gasteiger partial charge in [0.05, 0.1) is 13.4 Å². The molecule has 0 aromatic carbocycles. The van der Waals surface area contributed by atoms with Crippen molar-refractivity contribution in [2.24, 2.45) is 0 Å². The lowest BCUT2D eigenvalue weighted by atomic mass is 10.2. The average Bonchev–Trinajstić information content (AvgIpc) is 3.00. The van der Waals surface area contributed by atoms with E-state index in [1.54, 1.807) is 10.7 Å². The van der Waals surface area contributed by atoms with Gasteiger partial charge in [0.2, 0.25) is 0 Å². The molecule has 7 heteroatoms. The van der Waals surface area contributed by atoms with Crippen LogP contribution in [0.4, 0.5) is 0 Å². The van der Waals surface area contributed by atoms with Gasteiger partial charge in [-0.2, -0.15) is 0 Å². The zero-order valence-corrected chi connectivity index (χ0v) is 10.3.